The lowest BCUT2D eigenvalue weighted by Gasteiger charge is -2.02. The summed E-state index contributed by atoms with van der Waals surface area (Å²) in [5, 5.41) is 6.54. The van der Waals surface area contributed by atoms with Crippen LogP contribution in [0.3, 0.4) is 0 Å². The molecule has 17 heavy (non-hydrogen) atoms. The van der Waals surface area contributed by atoms with Crippen LogP contribution in [0.5, 0.6) is 5.75 Å². The van der Waals surface area contributed by atoms with Gasteiger partial charge in [-0.1, -0.05) is 4.49 Å². The van der Waals surface area contributed by atoms with Crippen molar-refractivity contribution in [3.63, 3.8) is 0 Å². The van der Waals surface area contributed by atoms with Crippen molar-refractivity contribution in [3.05, 3.63) is 29.1 Å². The molecular formula is C11H11N3O2S. The highest BCUT2D eigenvalue weighted by molar-refractivity contribution is 7.08. The van der Waals surface area contributed by atoms with Gasteiger partial charge in [-0.25, -0.2) is 0 Å². The minimum Gasteiger partial charge on any atom is -0.497 e. The molecule has 2 aromatic rings. The first-order valence-corrected chi connectivity index (χ1v) is 5.72. The molecule has 0 atom stereocenters. The molecule has 0 radical (unpaired) electrons. The number of nitrogens with zero attached hydrogens (tertiary/aromatic N) is 2. The Morgan fingerprint density at radius 1 is 1.35 bits per heavy atom. The van der Waals surface area contributed by atoms with E-state index in [-0.39, 0.29) is 5.91 Å². The number of benzene rings is 1. The largest absolute Gasteiger partial charge is 0.497 e. The van der Waals surface area contributed by atoms with E-state index in [0.717, 1.165) is 22.8 Å². The van der Waals surface area contributed by atoms with Gasteiger partial charge in [-0.3, -0.25) is 4.79 Å². The molecule has 0 aliphatic carbocycles. The van der Waals surface area contributed by atoms with Gasteiger partial charge in [0, 0.05) is 12.6 Å². The SMILES string of the molecule is CNC(=O)c1snnc1-c1ccc(OC)cc1. The van der Waals surface area contributed by atoms with Crippen LogP contribution in [-0.2, 0) is 0 Å². The van der Waals surface area contributed by atoms with Crippen LogP contribution in [0.25, 0.3) is 11.3 Å². The van der Waals surface area contributed by atoms with Crippen LogP contribution in [-0.4, -0.2) is 29.7 Å². The van der Waals surface area contributed by atoms with Gasteiger partial charge in [0.15, 0.2) is 0 Å². The molecule has 5 nitrogen and oxygen atoms in total. The van der Waals surface area contributed by atoms with E-state index in [1.807, 2.05) is 24.3 Å². The van der Waals surface area contributed by atoms with Crippen molar-refractivity contribution in [3.8, 4) is 17.0 Å². The Kier molecular flexibility index (Phi) is 3.34. The number of carbonyl (C=O) groups is 1. The Bertz CT molecular complexity index is 522. The van der Waals surface area contributed by atoms with Crippen LogP contribution >= 0.6 is 11.5 Å². The number of hydrogen-bond donors (Lipinski definition) is 1. The number of ether oxygens (including phenoxy) is 1. The van der Waals surface area contributed by atoms with E-state index in [1.54, 1.807) is 14.2 Å². The fourth-order valence-corrected chi connectivity index (χ4v) is 2.03. The van der Waals surface area contributed by atoms with Gasteiger partial charge in [-0.2, -0.15) is 0 Å². The van der Waals surface area contributed by atoms with Gasteiger partial charge in [-0.05, 0) is 35.8 Å². The van der Waals surface area contributed by atoms with E-state index in [9.17, 15) is 4.79 Å². The Morgan fingerprint density at radius 3 is 2.65 bits per heavy atom. The molecule has 1 heterocycles. The molecule has 0 fully saturated rings. The third kappa shape index (κ3) is 2.26. The van der Waals surface area contributed by atoms with E-state index in [1.165, 1.54) is 0 Å². The highest BCUT2D eigenvalue weighted by atomic mass is 32.1. The standard InChI is InChI=1S/C11H11N3O2S/c1-12-11(15)10-9(13-14-17-10)7-3-5-8(16-2)6-4-7/h3-6H,1-2H3,(H,12,15). The Morgan fingerprint density at radius 2 is 2.06 bits per heavy atom. The zero-order valence-corrected chi connectivity index (χ0v) is 10.2. The van der Waals surface area contributed by atoms with Gasteiger partial charge < -0.3 is 10.1 Å². The summed E-state index contributed by atoms with van der Waals surface area (Å²) in [6.07, 6.45) is 0. The second-order valence-corrected chi connectivity index (χ2v) is 4.01. The zero-order valence-electron chi connectivity index (χ0n) is 9.43. The van der Waals surface area contributed by atoms with E-state index in [4.69, 9.17) is 4.74 Å². The molecule has 1 aromatic carbocycles. The summed E-state index contributed by atoms with van der Waals surface area (Å²) in [6.45, 7) is 0. The molecular weight excluding hydrogens is 238 g/mol. The van der Waals surface area contributed by atoms with E-state index >= 15 is 0 Å². The number of carbonyl (C=O) groups excluding carboxylic acids is 1. The summed E-state index contributed by atoms with van der Waals surface area (Å²) in [5.41, 5.74) is 1.44. The van der Waals surface area contributed by atoms with Crippen LogP contribution in [0.1, 0.15) is 9.67 Å². The highest BCUT2D eigenvalue weighted by Gasteiger charge is 2.16. The summed E-state index contributed by atoms with van der Waals surface area (Å²) in [5.74, 6) is 0.587. The number of amides is 1. The quantitative estimate of drug-likeness (QED) is 0.896. The molecule has 6 heteroatoms. The molecule has 0 aliphatic rings. The second-order valence-electron chi connectivity index (χ2n) is 3.26. The number of rotatable bonds is 3. The number of aromatic nitrogens is 2. The van der Waals surface area contributed by atoms with E-state index < -0.39 is 0 Å². The van der Waals surface area contributed by atoms with Crippen LogP contribution in [0.4, 0.5) is 0 Å². The van der Waals surface area contributed by atoms with Crippen LogP contribution < -0.4 is 10.1 Å². The summed E-state index contributed by atoms with van der Waals surface area (Å²) in [4.78, 5) is 12.1. The highest BCUT2D eigenvalue weighted by Crippen LogP contribution is 2.25. The van der Waals surface area contributed by atoms with E-state index in [2.05, 4.69) is 14.9 Å². The second kappa shape index (κ2) is 4.92. The van der Waals surface area contributed by atoms with Crippen LogP contribution in [0.2, 0.25) is 0 Å². The predicted molar refractivity (Wildman–Crippen MR) is 65.3 cm³/mol. The molecule has 88 valence electrons. The summed E-state index contributed by atoms with van der Waals surface area (Å²) < 4.78 is 8.88. The number of hydrogen-bond acceptors (Lipinski definition) is 5. The molecule has 0 unspecified atom stereocenters. The third-order valence-electron chi connectivity index (χ3n) is 2.28. The van der Waals surface area contributed by atoms with Crippen molar-refractivity contribution in [1.82, 2.24) is 14.9 Å². The Hall–Kier alpha value is -1.95. The molecule has 0 spiro atoms. The molecule has 2 rings (SSSR count). The fourth-order valence-electron chi connectivity index (χ4n) is 1.39. The maximum absolute atomic E-state index is 11.6. The van der Waals surface area contributed by atoms with Crippen molar-refractivity contribution in [2.75, 3.05) is 14.2 Å². The molecule has 0 aliphatic heterocycles. The summed E-state index contributed by atoms with van der Waals surface area (Å²) in [7, 11) is 3.19. The first-order chi connectivity index (χ1) is 8.26. The fraction of sp³-hybridized carbons (Fsp3) is 0.182. The predicted octanol–water partition coefficient (Wildman–Crippen LogP) is 1.57. The normalized spacial score (nSPS) is 10.0. The molecule has 0 saturated carbocycles. The Balaban J connectivity index is 2.39. The van der Waals surface area contributed by atoms with Crippen LogP contribution in [0, 0.1) is 0 Å². The van der Waals surface area contributed by atoms with Crippen LogP contribution in [0.15, 0.2) is 24.3 Å². The maximum Gasteiger partial charge on any atom is 0.265 e. The summed E-state index contributed by atoms with van der Waals surface area (Å²) in [6, 6.07) is 7.34. The molecule has 1 aromatic heterocycles. The van der Waals surface area contributed by atoms with Gasteiger partial charge in [0.05, 0.1) is 7.11 Å². The van der Waals surface area contributed by atoms with Crippen molar-refractivity contribution in [2.24, 2.45) is 0 Å². The first kappa shape index (κ1) is 11.5. The Labute approximate surface area is 103 Å². The van der Waals surface area contributed by atoms with Gasteiger partial charge in [0.1, 0.15) is 16.3 Å². The summed E-state index contributed by atoms with van der Waals surface area (Å²) >= 11 is 1.08. The maximum atomic E-state index is 11.6. The van der Waals surface area contributed by atoms with E-state index in [0.29, 0.717) is 10.6 Å². The minimum absolute atomic E-state index is 0.175. The van der Waals surface area contributed by atoms with Crippen molar-refractivity contribution >= 4 is 17.4 Å². The molecule has 0 bridgehead atoms. The van der Waals surface area contributed by atoms with Crippen molar-refractivity contribution in [1.29, 1.82) is 0 Å². The lowest BCUT2D eigenvalue weighted by atomic mass is 10.1. The van der Waals surface area contributed by atoms with Gasteiger partial charge in [0.25, 0.3) is 5.91 Å². The lowest BCUT2D eigenvalue weighted by molar-refractivity contribution is 0.0967. The zero-order chi connectivity index (χ0) is 12.3. The first-order valence-electron chi connectivity index (χ1n) is 4.95. The molecule has 0 saturated heterocycles. The number of methoxy groups -OCH3 is 1. The van der Waals surface area contributed by atoms with Gasteiger partial charge >= 0.3 is 0 Å². The lowest BCUT2D eigenvalue weighted by Crippen LogP contribution is -2.17. The molecule has 1 amide bonds. The minimum atomic E-state index is -0.175. The molecule has 1 N–H and O–H groups in total. The topological polar surface area (TPSA) is 64.1 Å². The number of nitrogens with one attached hydrogen (secondary N) is 1. The van der Waals surface area contributed by atoms with Gasteiger partial charge in [-0.15, -0.1) is 5.10 Å². The van der Waals surface area contributed by atoms with Crippen molar-refractivity contribution in [2.45, 2.75) is 0 Å². The van der Waals surface area contributed by atoms with Crippen molar-refractivity contribution < 1.29 is 9.53 Å². The smallest absolute Gasteiger partial charge is 0.265 e. The van der Waals surface area contributed by atoms with Gasteiger partial charge in [0.2, 0.25) is 0 Å². The monoisotopic (exact) mass is 249 g/mol. The third-order valence-corrected chi connectivity index (χ3v) is 3.01. The average molecular weight is 249 g/mol. The average Bonchev–Trinajstić information content (AvgIpc) is 2.87.